The molecule has 1 heterocycles. The zero-order valence-electron chi connectivity index (χ0n) is 11.3. The van der Waals surface area contributed by atoms with Gasteiger partial charge in [0, 0.05) is 19.1 Å². The molecule has 0 amide bonds. The molecule has 3 fully saturated rings. The lowest BCUT2D eigenvalue weighted by atomic mass is 9.67. The Morgan fingerprint density at radius 1 is 1.00 bits per heavy atom. The van der Waals surface area contributed by atoms with E-state index in [4.69, 9.17) is 0 Å². The molecule has 0 aromatic carbocycles. The van der Waals surface area contributed by atoms with Gasteiger partial charge in [0.15, 0.2) is 0 Å². The number of piperidine rings is 1. The van der Waals surface area contributed by atoms with Crippen molar-refractivity contribution in [1.82, 2.24) is 4.90 Å². The van der Waals surface area contributed by atoms with E-state index in [-0.39, 0.29) is 6.10 Å². The van der Waals surface area contributed by atoms with E-state index in [2.05, 4.69) is 4.90 Å². The van der Waals surface area contributed by atoms with Crippen LogP contribution in [0, 0.1) is 5.41 Å². The van der Waals surface area contributed by atoms with E-state index in [0.29, 0.717) is 24.3 Å². The molecule has 2 nitrogen and oxygen atoms in total. The Morgan fingerprint density at radius 2 is 1.67 bits per heavy atom. The third-order valence-corrected chi connectivity index (χ3v) is 5.68. The summed E-state index contributed by atoms with van der Waals surface area (Å²) in [5, 5.41) is 10.0. The van der Waals surface area contributed by atoms with Crippen molar-refractivity contribution in [2.75, 3.05) is 13.1 Å². The first-order valence-corrected chi connectivity index (χ1v) is 7.76. The van der Waals surface area contributed by atoms with Crippen molar-refractivity contribution in [1.29, 1.82) is 0 Å². The van der Waals surface area contributed by atoms with Crippen LogP contribution < -0.4 is 0 Å². The van der Waals surface area contributed by atoms with Gasteiger partial charge in [0.2, 0.25) is 0 Å². The zero-order valence-corrected chi connectivity index (χ0v) is 11.3. The molecular formula is C15H26FNO. The molecule has 1 N–H and O–H groups in total. The fourth-order valence-electron chi connectivity index (χ4n) is 4.62. The molecule has 2 saturated carbocycles. The van der Waals surface area contributed by atoms with Crippen LogP contribution in [0.15, 0.2) is 0 Å². The molecule has 104 valence electrons. The minimum Gasteiger partial charge on any atom is -0.393 e. The third-order valence-electron chi connectivity index (χ3n) is 5.68. The Bertz CT molecular complexity index is 282. The van der Waals surface area contributed by atoms with Crippen LogP contribution in [0.4, 0.5) is 4.39 Å². The van der Waals surface area contributed by atoms with Gasteiger partial charge >= 0.3 is 0 Å². The molecule has 1 spiro atoms. The van der Waals surface area contributed by atoms with E-state index >= 15 is 0 Å². The average Bonchev–Trinajstić information content (AvgIpc) is 2.83. The molecule has 2 atom stereocenters. The quantitative estimate of drug-likeness (QED) is 0.779. The van der Waals surface area contributed by atoms with Crippen LogP contribution in [0.2, 0.25) is 0 Å². The highest BCUT2D eigenvalue weighted by Gasteiger charge is 2.47. The van der Waals surface area contributed by atoms with Crippen LogP contribution in [0.1, 0.15) is 57.8 Å². The van der Waals surface area contributed by atoms with Crippen molar-refractivity contribution in [3.63, 3.8) is 0 Å². The van der Waals surface area contributed by atoms with Gasteiger partial charge in [-0.3, -0.25) is 4.90 Å². The van der Waals surface area contributed by atoms with Gasteiger partial charge < -0.3 is 5.11 Å². The summed E-state index contributed by atoms with van der Waals surface area (Å²) in [6.45, 7) is 1.81. The van der Waals surface area contributed by atoms with Crippen molar-refractivity contribution in [2.24, 2.45) is 5.41 Å². The minimum atomic E-state index is -0.589. The van der Waals surface area contributed by atoms with E-state index in [0.717, 1.165) is 25.9 Å². The highest BCUT2D eigenvalue weighted by molar-refractivity contribution is 5.01. The second-order valence-corrected chi connectivity index (χ2v) is 6.72. The van der Waals surface area contributed by atoms with Crippen molar-refractivity contribution in [2.45, 2.75) is 76.1 Å². The number of rotatable bonds is 1. The summed E-state index contributed by atoms with van der Waals surface area (Å²) in [6, 6.07) is 0.524. The lowest BCUT2D eigenvalue weighted by Crippen LogP contribution is -2.54. The maximum atomic E-state index is 13.3. The van der Waals surface area contributed by atoms with Gasteiger partial charge in [-0.1, -0.05) is 12.8 Å². The topological polar surface area (TPSA) is 23.5 Å². The zero-order chi connectivity index (χ0) is 12.6. The molecule has 3 heteroatoms. The summed E-state index contributed by atoms with van der Waals surface area (Å²) in [7, 11) is 0. The fraction of sp³-hybridized carbons (Fsp3) is 1.00. The van der Waals surface area contributed by atoms with Crippen molar-refractivity contribution in [3.8, 4) is 0 Å². The summed E-state index contributed by atoms with van der Waals surface area (Å²) < 4.78 is 13.3. The first-order chi connectivity index (χ1) is 8.70. The summed E-state index contributed by atoms with van der Waals surface area (Å²) >= 11 is 0. The number of hydrogen-bond donors (Lipinski definition) is 1. The second-order valence-electron chi connectivity index (χ2n) is 6.72. The van der Waals surface area contributed by atoms with Gasteiger partial charge in [-0.25, -0.2) is 4.39 Å². The maximum absolute atomic E-state index is 13.3. The smallest absolute Gasteiger partial charge is 0.103 e. The van der Waals surface area contributed by atoms with Gasteiger partial charge in [-0.05, 0) is 50.4 Å². The molecule has 0 aromatic rings. The first-order valence-electron chi connectivity index (χ1n) is 7.76. The Morgan fingerprint density at radius 3 is 2.33 bits per heavy atom. The molecular weight excluding hydrogens is 229 g/mol. The molecule has 3 rings (SSSR count). The molecule has 3 aliphatic rings. The monoisotopic (exact) mass is 255 g/mol. The number of likely N-dealkylation sites (tertiary alicyclic amines) is 1. The van der Waals surface area contributed by atoms with Gasteiger partial charge in [0.25, 0.3) is 0 Å². The molecule has 1 aliphatic heterocycles. The van der Waals surface area contributed by atoms with Crippen LogP contribution in [0.25, 0.3) is 0 Å². The standard InChI is InChI=1S/C15H26FNO/c16-12-4-9-17(10-5-12)14-11-13(18)3-8-15(14)6-1-2-7-15/h12-14,18H,1-11H2. The second kappa shape index (κ2) is 5.09. The summed E-state index contributed by atoms with van der Waals surface area (Å²) in [5.74, 6) is 0. The molecule has 2 aliphatic carbocycles. The van der Waals surface area contributed by atoms with E-state index < -0.39 is 6.17 Å². The van der Waals surface area contributed by atoms with E-state index in [9.17, 15) is 9.50 Å². The molecule has 2 unspecified atom stereocenters. The summed E-state index contributed by atoms with van der Waals surface area (Å²) in [6.07, 6.45) is 9.16. The number of halogens is 1. The summed E-state index contributed by atoms with van der Waals surface area (Å²) in [4.78, 5) is 2.50. The van der Waals surface area contributed by atoms with Gasteiger partial charge in [0.1, 0.15) is 6.17 Å². The largest absolute Gasteiger partial charge is 0.393 e. The number of aliphatic hydroxyl groups is 1. The number of nitrogens with zero attached hydrogens (tertiary/aromatic N) is 1. The Labute approximate surface area is 110 Å². The van der Waals surface area contributed by atoms with Crippen LogP contribution in [0.5, 0.6) is 0 Å². The Balaban J connectivity index is 1.73. The SMILES string of the molecule is OC1CCC2(CCCC2)C(N2CCC(F)CC2)C1. The molecule has 0 aromatic heterocycles. The fourth-order valence-corrected chi connectivity index (χ4v) is 4.62. The van der Waals surface area contributed by atoms with Gasteiger partial charge in [-0.2, -0.15) is 0 Å². The minimum absolute atomic E-state index is 0.121. The Hall–Kier alpha value is -0.150. The van der Waals surface area contributed by atoms with E-state index in [1.165, 1.54) is 32.1 Å². The predicted octanol–water partition coefficient (Wildman–Crippen LogP) is 2.89. The van der Waals surface area contributed by atoms with Gasteiger partial charge in [0.05, 0.1) is 6.10 Å². The number of aliphatic hydroxyl groups excluding tert-OH is 1. The lowest BCUT2D eigenvalue weighted by molar-refractivity contribution is -0.0396. The van der Waals surface area contributed by atoms with Crippen molar-refractivity contribution >= 4 is 0 Å². The normalized spacial score (nSPS) is 38.3. The predicted molar refractivity (Wildman–Crippen MR) is 70.2 cm³/mol. The highest BCUT2D eigenvalue weighted by atomic mass is 19.1. The number of alkyl halides is 1. The molecule has 0 bridgehead atoms. The number of hydrogen-bond acceptors (Lipinski definition) is 2. The van der Waals surface area contributed by atoms with E-state index in [1.54, 1.807) is 0 Å². The van der Waals surface area contributed by atoms with Crippen molar-refractivity contribution in [3.05, 3.63) is 0 Å². The molecule has 0 radical (unpaired) electrons. The van der Waals surface area contributed by atoms with Gasteiger partial charge in [-0.15, -0.1) is 0 Å². The van der Waals surface area contributed by atoms with E-state index in [1.807, 2.05) is 0 Å². The van der Waals surface area contributed by atoms with Crippen LogP contribution >= 0.6 is 0 Å². The third kappa shape index (κ3) is 2.32. The Kier molecular flexibility index (Phi) is 3.63. The van der Waals surface area contributed by atoms with Crippen LogP contribution in [-0.4, -0.2) is 41.4 Å². The molecule has 18 heavy (non-hydrogen) atoms. The summed E-state index contributed by atoms with van der Waals surface area (Å²) in [5.41, 5.74) is 0.461. The highest BCUT2D eigenvalue weighted by Crippen LogP contribution is 2.51. The van der Waals surface area contributed by atoms with Crippen LogP contribution in [-0.2, 0) is 0 Å². The lowest BCUT2D eigenvalue weighted by Gasteiger charge is -2.50. The maximum Gasteiger partial charge on any atom is 0.103 e. The van der Waals surface area contributed by atoms with Crippen LogP contribution in [0.3, 0.4) is 0 Å². The molecule has 1 saturated heterocycles. The first kappa shape index (κ1) is 12.9. The van der Waals surface area contributed by atoms with Crippen molar-refractivity contribution < 1.29 is 9.50 Å². The average molecular weight is 255 g/mol.